The van der Waals surface area contributed by atoms with Crippen LogP contribution in [0.3, 0.4) is 0 Å². The van der Waals surface area contributed by atoms with E-state index in [4.69, 9.17) is 8.83 Å². The van der Waals surface area contributed by atoms with Crippen LogP contribution >= 0.6 is 0 Å². The zero-order valence-electron chi connectivity index (χ0n) is 13.1. The lowest BCUT2D eigenvalue weighted by molar-refractivity contribution is 0.0980. The third kappa shape index (κ3) is 1.52. The zero-order chi connectivity index (χ0) is 16.6. The van der Waals surface area contributed by atoms with E-state index in [1.54, 1.807) is 12.1 Å². The first kappa shape index (κ1) is 13.3. The van der Waals surface area contributed by atoms with Crippen molar-refractivity contribution >= 4 is 33.5 Å². The average molecular weight is 316 g/mol. The molecule has 4 nitrogen and oxygen atoms in total. The summed E-state index contributed by atoms with van der Waals surface area (Å²) in [7, 11) is 0. The first-order chi connectivity index (χ1) is 11.5. The van der Waals surface area contributed by atoms with Gasteiger partial charge in [0, 0.05) is 21.9 Å². The van der Waals surface area contributed by atoms with Crippen molar-refractivity contribution in [2.24, 2.45) is 0 Å². The highest BCUT2D eigenvalue weighted by atomic mass is 16.3. The lowest BCUT2D eigenvalue weighted by atomic mass is 9.82. The van der Waals surface area contributed by atoms with Crippen LogP contribution in [0.15, 0.2) is 45.2 Å². The van der Waals surface area contributed by atoms with Crippen molar-refractivity contribution in [2.45, 2.75) is 13.8 Å². The molecule has 0 unspecified atom stereocenters. The fraction of sp³-hybridized carbons (Fsp3) is 0.100. The summed E-state index contributed by atoms with van der Waals surface area (Å²) in [6.07, 6.45) is 0. The van der Waals surface area contributed by atoms with E-state index in [0.717, 1.165) is 10.8 Å². The second kappa shape index (κ2) is 4.23. The Hall–Kier alpha value is -3.14. The van der Waals surface area contributed by atoms with Crippen LogP contribution in [0.25, 0.3) is 21.9 Å². The number of rotatable bonds is 0. The Morgan fingerprint density at radius 2 is 1.12 bits per heavy atom. The Kier molecular flexibility index (Phi) is 2.35. The van der Waals surface area contributed by atoms with Gasteiger partial charge >= 0.3 is 0 Å². The van der Waals surface area contributed by atoms with E-state index in [9.17, 15) is 9.59 Å². The lowest BCUT2D eigenvalue weighted by Crippen LogP contribution is -2.21. The number of benzene rings is 2. The molecule has 0 saturated heterocycles. The van der Waals surface area contributed by atoms with Crippen LogP contribution in [-0.2, 0) is 0 Å². The third-order valence-corrected chi connectivity index (χ3v) is 4.56. The van der Waals surface area contributed by atoms with E-state index >= 15 is 0 Å². The topological polar surface area (TPSA) is 60.4 Å². The Labute approximate surface area is 136 Å². The Morgan fingerprint density at radius 1 is 0.667 bits per heavy atom. The maximum Gasteiger partial charge on any atom is 0.202 e. The molecule has 24 heavy (non-hydrogen) atoms. The Bertz CT molecular complexity index is 1110. The van der Waals surface area contributed by atoms with Crippen molar-refractivity contribution in [1.82, 2.24) is 0 Å². The molecule has 2 aromatic heterocycles. The van der Waals surface area contributed by atoms with Gasteiger partial charge in [0.1, 0.15) is 22.7 Å². The minimum absolute atomic E-state index is 0.175. The molecule has 0 aliphatic heterocycles. The highest BCUT2D eigenvalue weighted by molar-refractivity contribution is 6.34. The summed E-state index contributed by atoms with van der Waals surface area (Å²) >= 11 is 0. The lowest BCUT2D eigenvalue weighted by Gasteiger charge is -2.17. The molecule has 0 bridgehead atoms. The first-order valence-electron chi connectivity index (χ1n) is 7.70. The summed E-state index contributed by atoms with van der Waals surface area (Å²) in [5.74, 6) is 1.01. The Morgan fingerprint density at radius 3 is 1.58 bits per heavy atom. The molecule has 0 saturated carbocycles. The van der Waals surface area contributed by atoms with Gasteiger partial charge in [0.25, 0.3) is 0 Å². The van der Waals surface area contributed by atoms with Crippen molar-refractivity contribution in [1.29, 1.82) is 0 Å². The van der Waals surface area contributed by atoms with Crippen molar-refractivity contribution in [3.05, 3.63) is 70.2 Å². The number of hydrogen-bond acceptors (Lipinski definition) is 4. The molecule has 4 aromatic rings. The van der Waals surface area contributed by atoms with E-state index < -0.39 is 0 Å². The molecule has 4 heteroatoms. The van der Waals surface area contributed by atoms with E-state index in [0.29, 0.717) is 44.9 Å². The van der Waals surface area contributed by atoms with Crippen LogP contribution in [0.1, 0.15) is 43.4 Å². The minimum atomic E-state index is -0.223. The van der Waals surface area contributed by atoms with Crippen molar-refractivity contribution in [3.63, 3.8) is 0 Å². The highest BCUT2D eigenvalue weighted by Gasteiger charge is 2.35. The maximum atomic E-state index is 13.2. The average Bonchev–Trinajstić information content (AvgIpc) is 3.11. The SMILES string of the molecule is Cc1cc2ccc3c(c2o1)C(=O)c1c(ccc2cc(C)oc12)C3=O. The van der Waals surface area contributed by atoms with Crippen LogP contribution in [0.4, 0.5) is 0 Å². The quantitative estimate of drug-likeness (QED) is 0.420. The molecule has 0 spiro atoms. The monoisotopic (exact) mass is 316 g/mol. The summed E-state index contributed by atoms with van der Waals surface area (Å²) < 4.78 is 11.4. The predicted molar refractivity (Wildman–Crippen MR) is 88.8 cm³/mol. The molecule has 0 amide bonds. The third-order valence-electron chi connectivity index (χ3n) is 4.56. The number of fused-ring (bicyclic) bond motifs is 6. The predicted octanol–water partition coefficient (Wildman–Crippen LogP) is 4.57. The molecule has 0 radical (unpaired) electrons. The molecular weight excluding hydrogens is 304 g/mol. The van der Waals surface area contributed by atoms with Crippen molar-refractivity contribution < 1.29 is 18.4 Å². The highest BCUT2D eigenvalue weighted by Crippen LogP contribution is 2.37. The van der Waals surface area contributed by atoms with Gasteiger partial charge in [-0.2, -0.15) is 0 Å². The molecule has 2 heterocycles. The second-order valence-electron chi connectivity index (χ2n) is 6.19. The number of ketones is 2. The van der Waals surface area contributed by atoms with Crippen molar-refractivity contribution in [3.8, 4) is 0 Å². The molecular formula is C20H12O4. The summed E-state index contributed by atoms with van der Waals surface area (Å²) in [5.41, 5.74) is 2.37. The van der Waals surface area contributed by atoms with Gasteiger partial charge in [0.15, 0.2) is 5.78 Å². The number of furan rings is 2. The largest absolute Gasteiger partial charge is 0.461 e. The van der Waals surface area contributed by atoms with Gasteiger partial charge in [-0.05, 0) is 38.1 Å². The fourth-order valence-corrected chi connectivity index (χ4v) is 3.56. The molecule has 1 aliphatic carbocycles. The summed E-state index contributed by atoms with van der Waals surface area (Å²) in [5, 5.41) is 1.64. The van der Waals surface area contributed by atoms with Gasteiger partial charge in [-0.1, -0.05) is 12.1 Å². The van der Waals surface area contributed by atoms with E-state index in [1.807, 2.05) is 38.1 Å². The van der Waals surface area contributed by atoms with Gasteiger partial charge < -0.3 is 8.83 Å². The van der Waals surface area contributed by atoms with E-state index in [2.05, 4.69) is 0 Å². The number of carbonyl (C=O) groups is 2. The van der Waals surface area contributed by atoms with Gasteiger partial charge in [-0.25, -0.2) is 0 Å². The molecule has 116 valence electrons. The van der Waals surface area contributed by atoms with E-state index in [1.165, 1.54) is 0 Å². The van der Waals surface area contributed by atoms with Crippen molar-refractivity contribution in [2.75, 3.05) is 0 Å². The minimum Gasteiger partial charge on any atom is -0.461 e. The maximum absolute atomic E-state index is 13.2. The second-order valence-corrected chi connectivity index (χ2v) is 6.19. The summed E-state index contributed by atoms with van der Waals surface area (Å²) in [4.78, 5) is 26.1. The standard InChI is InChI=1S/C20H12O4/c1-9-7-11-3-5-13-15(19(11)23-9)18(22)16-14(17(13)21)6-4-12-8-10(2)24-20(12)16/h3-8H,1-2H3. The van der Waals surface area contributed by atoms with E-state index in [-0.39, 0.29) is 11.6 Å². The molecule has 5 rings (SSSR count). The van der Waals surface area contributed by atoms with Crippen LogP contribution in [0.2, 0.25) is 0 Å². The summed E-state index contributed by atoms with van der Waals surface area (Å²) in [6.45, 7) is 3.65. The molecule has 0 fully saturated rings. The van der Waals surface area contributed by atoms with Crippen LogP contribution in [0.5, 0.6) is 0 Å². The van der Waals surface area contributed by atoms with Crippen LogP contribution < -0.4 is 0 Å². The van der Waals surface area contributed by atoms with Gasteiger partial charge in [-0.3, -0.25) is 9.59 Å². The molecule has 0 atom stereocenters. The zero-order valence-corrected chi connectivity index (χ0v) is 13.1. The molecule has 2 aromatic carbocycles. The van der Waals surface area contributed by atoms with Gasteiger partial charge in [0.2, 0.25) is 5.78 Å². The Balaban J connectivity index is 1.93. The normalized spacial score (nSPS) is 13.6. The number of carbonyl (C=O) groups excluding carboxylic acids is 2. The van der Waals surface area contributed by atoms with Gasteiger partial charge in [0.05, 0.1) is 11.1 Å². The van der Waals surface area contributed by atoms with Crippen LogP contribution in [0, 0.1) is 13.8 Å². The number of hydrogen-bond donors (Lipinski definition) is 0. The summed E-state index contributed by atoms with van der Waals surface area (Å²) in [6, 6.07) is 10.8. The molecule has 0 N–H and O–H groups in total. The number of aryl methyl sites for hydroxylation is 2. The molecule has 1 aliphatic rings. The first-order valence-corrected chi connectivity index (χ1v) is 7.70. The fourth-order valence-electron chi connectivity index (χ4n) is 3.56. The van der Waals surface area contributed by atoms with Gasteiger partial charge in [-0.15, -0.1) is 0 Å². The van der Waals surface area contributed by atoms with Crippen LogP contribution in [-0.4, -0.2) is 11.6 Å². The smallest absolute Gasteiger partial charge is 0.202 e.